The Balaban J connectivity index is 2.24. The van der Waals surface area contributed by atoms with Crippen LogP contribution in [-0.2, 0) is 12.0 Å². The summed E-state index contributed by atoms with van der Waals surface area (Å²) in [5, 5.41) is 3.51. The predicted octanol–water partition coefficient (Wildman–Crippen LogP) is 2.20. The Kier molecular flexibility index (Phi) is 2.05. The Hall–Kier alpha value is -1.02. The molecule has 0 spiro atoms. The molecule has 3 rings (SSSR count). The Morgan fingerprint density at radius 3 is 2.94 bits per heavy atom. The summed E-state index contributed by atoms with van der Waals surface area (Å²) in [6, 6.07) is 4.72. The van der Waals surface area contributed by atoms with Gasteiger partial charge in [-0.1, -0.05) is 31.5 Å². The fourth-order valence-electron chi connectivity index (χ4n) is 3.15. The van der Waals surface area contributed by atoms with Gasteiger partial charge < -0.3 is 10.2 Å². The van der Waals surface area contributed by atoms with Crippen LogP contribution in [0.15, 0.2) is 12.1 Å². The summed E-state index contributed by atoms with van der Waals surface area (Å²) in [4.78, 5) is 2.56. The first-order valence-corrected chi connectivity index (χ1v) is 6.17. The van der Waals surface area contributed by atoms with Crippen LogP contribution in [-0.4, -0.2) is 19.6 Å². The van der Waals surface area contributed by atoms with Gasteiger partial charge in [-0.05, 0) is 18.1 Å². The van der Waals surface area contributed by atoms with Gasteiger partial charge in [0.25, 0.3) is 0 Å². The van der Waals surface area contributed by atoms with E-state index < -0.39 is 0 Å². The van der Waals surface area contributed by atoms with Crippen LogP contribution in [0.2, 0.25) is 0 Å². The van der Waals surface area contributed by atoms with E-state index in [4.69, 9.17) is 0 Å². The summed E-state index contributed by atoms with van der Waals surface area (Å²) >= 11 is 0. The second kappa shape index (κ2) is 3.24. The number of hydrogen-bond donors (Lipinski definition) is 1. The molecule has 0 amide bonds. The smallest absolute Gasteiger partial charge is 0.0451 e. The van der Waals surface area contributed by atoms with E-state index in [0.717, 1.165) is 19.6 Å². The van der Waals surface area contributed by atoms with Gasteiger partial charge in [0.05, 0.1) is 0 Å². The zero-order valence-corrected chi connectivity index (χ0v) is 10.4. The molecule has 2 aliphatic rings. The third-order valence-corrected chi connectivity index (χ3v) is 3.84. The highest BCUT2D eigenvalue weighted by atomic mass is 15.2. The minimum Gasteiger partial charge on any atom is -0.369 e. The number of aryl methyl sites for hydroxylation is 1. The summed E-state index contributed by atoms with van der Waals surface area (Å²) in [6.45, 7) is 11.4. The molecule has 16 heavy (non-hydrogen) atoms. The van der Waals surface area contributed by atoms with Crippen LogP contribution < -0.4 is 10.2 Å². The molecule has 1 aromatic carbocycles. The fraction of sp³-hybridized carbons (Fsp3) is 0.571. The molecule has 0 aliphatic carbocycles. The van der Waals surface area contributed by atoms with Gasteiger partial charge in [0, 0.05) is 37.3 Å². The lowest BCUT2D eigenvalue weighted by Crippen LogP contribution is -2.32. The molecule has 2 aliphatic heterocycles. The number of hydrogen-bond acceptors (Lipinski definition) is 2. The topological polar surface area (TPSA) is 15.3 Å². The van der Waals surface area contributed by atoms with Crippen molar-refractivity contribution in [2.75, 3.05) is 24.5 Å². The normalized spacial score (nSPS) is 21.8. The van der Waals surface area contributed by atoms with Crippen molar-refractivity contribution >= 4 is 5.69 Å². The van der Waals surface area contributed by atoms with Gasteiger partial charge in [0.1, 0.15) is 0 Å². The van der Waals surface area contributed by atoms with E-state index in [-0.39, 0.29) is 0 Å². The lowest BCUT2D eigenvalue weighted by Gasteiger charge is -2.21. The molecule has 0 unspecified atom stereocenters. The highest BCUT2D eigenvalue weighted by molar-refractivity contribution is 5.68. The fourth-order valence-corrected chi connectivity index (χ4v) is 3.15. The summed E-state index contributed by atoms with van der Waals surface area (Å²) < 4.78 is 0. The lowest BCUT2D eigenvalue weighted by molar-refractivity contribution is 0.545. The molecule has 0 saturated carbocycles. The molecule has 0 atom stereocenters. The van der Waals surface area contributed by atoms with Crippen LogP contribution >= 0.6 is 0 Å². The number of benzene rings is 1. The van der Waals surface area contributed by atoms with E-state index >= 15 is 0 Å². The van der Waals surface area contributed by atoms with Crippen molar-refractivity contribution in [1.29, 1.82) is 0 Å². The van der Waals surface area contributed by atoms with Gasteiger partial charge in [-0.3, -0.25) is 0 Å². The zero-order valence-electron chi connectivity index (χ0n) is 10.4. The van der Waals surface area contributed by atoms with Crippen LogP contribution in [0.1, 0.15) is 30.5 Å². The van der Waals surface area contributed by atoms with Crippen LogP contribution in [0.25, 0.3) is 0 Å². The van der Waals surface area contributed by atoms with Crippen LogP contribution in [0.4, 0.5) is 5.69 Å². The maximum atomic E-state index is 3.51. The first-order chi connectivity index (χ1) is 7.58. The van der Waals surface area contributed by atoms with Gasteiger partial charge in [-0.25, -0.2) is 0 Å². The third kappa shape index (κ3) is 1.36. The van der Waals surface area contributed by atoms with Gasteiger partial charge in [-0.15, -0.1) is 0 Å². The van der Waals surface area contributed by atoms with Crippen molar-refractivity contribution in [3.63, 3.8) is 0 Å². The molecule has 0 fully saturated rings. The van der Waals surface area contributed by atoms with Crippen molar-refractivity contribution in [2.24, 2.45) is 0 Å². The molecule has 0 aromatic heterocycles. The van der Waals surface area contributed by atoms with Crippen LogP contribution in [0, 0.1) is 6.92 Å². The van der Waals surface area contributed by atoms with Crippen LogP contribution in [0.3, 0.4) is 0 Å². The largest absolute Gasteiger partial charge is 0.369 e. The highest BCUT2D eigenvalue weighted by Crippen LogP contribution is 2.43. The monoisotopic (exact) mass is 216 g/mol. The average Bonchev–Trinajstić information content (AvgIpc) is 2.35. The molecule has 2 heteroatoms. The van der Waals surface area contributed by atoms with E-state index in [9.17, 15) is 0 Å². The van der Waals surface area contributed by atoms with E-state index in [1.165, 1.54) is 23.4 Å². The summed E-state index contributed by atoms with van der Waals surface area (Å²) in [5.74, 6) is 0. The predicted molar refractivity (Wildman–Crippen MR) is 68.1 cm³/mol. The maximum absolute atomic E-state index is 3.51. The first-order valence-electron chi connectivity index (χ1n) is 6.17. The average molecular weight is 216 g/mol. The SMILES string of the molecule is Cc1cc2c3c(c1)C(C)(C)CN3CCNC2. The highest BCUT2D eigenvalue weighted by Gasteiger charge is 2.37. The summed E-state index contributed by atoms with van der Waals surface area (Å²) in [5.41, 5.74) is 6.25. The molecule has 2 heterocycles. The zero-order chi connectivity index (χ0) is 11.3. The van der Waals surface area contributed by atoms with Crippen molar-refractivity contribution < 1.29 is 0 Å². The Labute approximate surface area is 97.6 Å². The minimum absolute atomic E-state index is 0.313. The van der Waals surface area contributed by atoms with E-state index in [1.807, 2.05) is 0 Å². The maximum Gasteiger partial charge on any atom is 0.0451 e. The standard InChI is InChI=1S/C14H20N2/c1-10-6-11-8-15-4-5-16-9-14(2,3)12(7-10)13(11)16/h6-7,15H,4-5,8-9H2,1-3H3. The van der Waals surface area contributed by atoms with Crippen molar-refractivity contribution in [3.05, 3.63) is 28.8 Å². The van der Waals surface area contributed by atoms with Crippen LogP contribution in [0.5, 0.6) is 0 Å². The second-order valence-corrected chi connectivity index (χ2v) is 5.80. The van der Waals surface area contributed by atoms with Gasteiger partial charge >= 0.3 is 0 Å². The molecular formula is C14H20N2. The van der Waals surface area contributed by atoms with Gasteiger partial charge in [0.15, 0.2) is 0 Å². The number of nitrogens with one attached hydrogen (secondary N) is 1. The van der Waals surface area contributed by atoms with E-state index in [2.05, 4.69) is 43.1 Å². The summed E-state index contributed by atoms with van der Waals surface area (Å²) in [7, 11) is 0. The van der Waals surface area contributed by atoms with Gasteiger partial charge in [-0.2, -0.15) is 0 Å². The van der Waals surface area contributed by atoms with Crippen molar-refractivity contribution in [2.45, 2.75) is 32.7 Å². The Morgan fingerprint density at radius 1 is 1.31 bits per heavy atom. The quantitative estimate of drug-likeness (QED) is 0.715. The van der Waals surface area contributed by atoms with Crippen molar-refractivity contribution in [1.82, 2.24) is 5.32 Å². The molecule has 0 saturated heterocycles. The molecule has 2 nitrogen and oxygen atoms in total. The Bertz CT molecular complexity index is 435. The molecule has 86 valence electrons. The molecular weight excluding hydrogens is 196 g/mol. The number of nitrogens with zero attached hydrogens (tertiary/aromatic N) is 1. The first kappa shape index (κ1) is 10.2. The summed E-state index contributed by atoms with van der Waals surface area (Å²) in [6.07, 6.45) is 0. The van der Waals surface area contributed by atoms with Crippen molar-refractivity contribution in [3.8, 4) is 0 Å². The minimum atomic E-state index is 0.313. The van der Waals surface area contributed by atoms with E-state index in [1.54, 1.807) is 5.56 Å². The molecule has 1 aromatic rings. The number of anilines is 1. The molecule has 0 bridgehead atoms. The lowest BCUT2D eigenvalue weighted by atomic mass is 9.85. The second-order valence-electron chi connectivity index (χ2n) is 5.80. The third-order valence-electron chi connectivity index (χ3n) is 3.84. The van der Waals surface area contributed by atoms with E-state index in [0.29, 0.717) is 5.41 Å². The molecule has 1 N–H and O–H groups in total. The molecule has 0 radical (unpaired) electrons. The van der Waals surface area contributed by atoms with Gasteiger partial charge in [0.2, 0.25) is 0 Å². The number of rotatable bonds is 0. The Morgan fingerprint density at radius 2 is 2.12 bits per heavy atom.